The maximum absolute atomic E-state index is 12.7. The van der Waals surface area contributed by atoms with E-state index in [1.165, 1.54) is 0 Å². The average molecular weight is 373 g/mol. The summed E-state index contributed by atoms with van der Waals surface area (Å²) in [5.41, 5.74) is 2.21. The van der Waals surface area contributed by atoms with Crippen LogP contribution < -0.4 is 15.0 Å². The van der Waals surface area contributed by atoms with E-state index in [0.29, 0.717) is 29.6 Å². The number of carbonyl (C=O) groups excluding carboxylic acids is 2. The van der Waals surface area contributed by atoms with Gasteiger partial charge >= 0.3 is 0 Å². The molecule has 2 amide bonds. The Labute approximate surface area is 157 Å². The Kier molecular flexibility index (Phi) is 5.47. The summed E-state index contributed by atoms with van der Waals surface area (Å²) < 4.78 is 5.53. The molecule has 1 fully saturated rings. The molecule has 0 spiro atoms. The molecule has 26 heavy (non-hydrogen) atoms. The lowest BCUT2D eigenvalue weighted by molar-refractivity contribution is -0.122. The first-order valence-corrected chi connectivity index (χ1v) is 8.97. The largest absolute Gasteiger partial charge is 0.492 e. The number of nitrogens with zero attached hydrogens (tertiary/aromatic N) is 1. The van der Waals surface area contributed by atoms with E-state index in [-0.39, 0.29) is 18.2 Å². The first-order chi connectivity index (χ1) is 12.5. The van der Waals surface area contributed by atoms with Crippen molar-refractivity contribution in [1.82, 2.24) is 0 Å². The molecule has 0 unspecified atom stereocenters. The molecule has 1 heterocycles. The smallest absolute Gasteiger partial charge is 0.229 e. The second-order valence-corrected chi connectivity index (χ2v) is 6.61. The minimum absolute atomic E-state index is 0.0754. The van der Waals surface area contributed by atoms with Gasteiger partial charge in [0.2, 0.25) is 11.8 Å². The zero-order chi connectivity index (χ0) is 18.7. The van der Waals surface area contributed by atoms with Crippen molar-refractivity contribution >= 4 is 34.8 Å². The van der Waals surface area contributed by atoms with Gasteiger partial charge in [0.15, 0.2) is 0 Å². The molecule has 3 rings (SSSR count). The average Bonchev–Trinajstić information content (AvgIpc) is 3.01. The normalized spacial score (nSPS) is 16.7. The summed E-state index contributed by atoms with van der Waals surface area (Å²) in [5.74, 6) is -0.0629. The van der Waals surface area contributed by atoms with Gasteiger partial charge in [0, 0.05) is 23.7 Å². The number of para-hydroxylation sites is 2. The Balaban J connectivity index is 1.74. The number of rotatable bonds is 5. The molecule has 2 aromatic carbocycles. The quantitative estimate of drug-likeness (QED) is 0.861. The van der Waals surface area contributed by atoms with Crippen LogP contribution in [0.5, 0.6) is 5.75 Å². The van der Waals surface area contributed by atoms with Crippen molar-refractivity contribution < 1.29 is 14.3 Å². The van der Waals surface area contributed by atoms with E-state index < -0.39 is 5.92 Å². The van der Waals surface area contributed by atoms with Gasteiger partial charge in [-0.2, -0.15) is 0 Å². The third-order valence-corrected chi connectivity index (χ3v) is 4.88. The summed E-state index contributed by atoms with van der Waals surface area (Å²) in [5, 5.41) is 3.49. The standard InChI is InChI=1S/C20H21ClN2O3/c1-3-26-18-10-5-4-8-16(18)22-20(25)14-11-19(24)23(12-14)17-9-6-7-15(21)13(17)2/h4-10,14H,3,11-12H2,1-2H3,(H,22,25)/t14-/m0/s1. The highest BCUT2D eigenvalue weighted by molar-refractivity contribution is 6.31. The Morgan fingerprint density at radius 1 is 1.27 bits per heavy atom. The minimum atomic E-state index is -0.421. The molecule has 0 bridgehead atoms. The monoisotopic (exact) mass is 372 g/mol. The van der Waals surface area contributed by atoms with E-state index in [4.69, 9.17) is 16.3 Å². The van der Waals surface area contributed by atoms with Crippen LogP contribution in [-0.4, -0.2) is 25.0 Å². The Morgan fingerprint density at radius 2 is 2.04 bits per heavy atom. The molecule has 136 valence electrons. The van der Waals surface area contributed by atoms with Gasteiger partial charge in [0.1, 0.15) is 5.75 Å². The fourth-order valence-electron chi connectivity index (χ4n) is 3.09. The van der Waals surface area contributed by atoms with Crippen LogP contribution in [0.3, 0.4) is 0 Å². The Bertz CT molecular complexity index is 838. The van der Waals surface area contributed by atoms with Crippen molar-refractivity contribution in [3.8, 4) is 5.75 Å². The molecule has 0 aromatic heterocycles. The van der Waals surface area contributed by atoms with Crippen molar-refractivity contribution in [2.75, 3.05) is 23.4 Å². The molecule has 1 saturated heterocycles. The van der Waals surface area contributed by atoms with E-state index in [9.17, 15) is 9.59 Å². The fraction of sp³-hybridized carbons (Fsp3) is 0.300. The molecular formula is C20H21ClN2O3. The van der Waals surface area contributed by atoms with Crippen LogP contribution in [0, 0.1) is 12.8 Å². The number of amides is 2. The van der Waals surface area contributed by atoms with E-state index >= 15 is 0 Å². The van der Waals surface area contributed by atoms with Gasteiger partial charge in [-0.05, 0) is 43.7 Å². The van der Waals surface area contributed by atoms with Gasteiger partial charge < -0.3 is 15.0 Å². The summed E-state index contributed by atoms with van der Waals surface area (Å²) in [7, 11) is 0. The molecule has 1 aliphatic rings. The summed E-state index contributed by atoms with van der Waals surface area (Å²) in [6.45, 7) is 4.61. The van der Waals surface area contributed by atoms with Crippen LogP contribution in [-0.2, 0) is 9.59 Å². The summed E-state index contributed by atoms with van der Waals surface area (Å²) in [6.07, 6.45) is 0.175. The SMILES string of the molecule is CCOc1ccccc1NC(=O)[C@H]1CC(=O)N(c2cccc(Cl)c2C)C1. The van der Waals surface area contributed by atoms with Crippen molar-refractivity contribution in [2.24, 2.45) is 5.92 Å². The highest BCUT2D eigenvalue weighted by Crippen LogP contribution is 2.32. The number of carbonyl (C=O) groups is 2. The summed E-state index contributed by atoms with van der Waals surface area (Å²) in [4.78, 5) is 26.8. The second-order valence-electron chi connectivity index (χ2n) is 6.21. The van der Waals surface area contributed by atoms with Gasteiger partial charge in [-0.25, -0.2) is 0 Å². The molecule has 1 N–H and O–H groups in total. The minimum Gasteiger partial charge on any atom is -0.492 e. The fourth-order valence-corrected chi connectivity index (χ4v) is 3.26. The van der Waals surface area contributed by atoms with Gasteiger partial charge in [-0.1, -0.05) is 29.8 Å². The Hall–Kier alpha value is -2.53. The van der Waals surface area contributed by atoms with Crippen LogP contribution in [0.2, 0.25) is 5.02 Å². The van der Waals surface area contributed by atoms with Crippen molar-refractivity contribution in [3.05, 3.63) is 53.1 Å². The number of benzene rings is 2. The predicted molar refractivity (Wildman–Crippen MR) is 103 cm³/mol. The van der Waals surface area contributed by atoms with E-state index in [2.05, 4.69) is 5.32 Å². The van der Waals surface area contributed by atoms with E-state index in [1.54, 1.807) is 23.1 Å². The number of nitrogens with one attached hydrogen (secondary N) is 1. The predicted octanol–water partition coefficient (Wildman–Crippen LogP) is 4.04. The molecule has 0 saturated carbocycles. The highest BCUT2D eigenvalue weighted by Gasteiger charge is 2.36. The van der Waals surface area contributed by atoms with Gasteiger partial charge in [-0.3, -0.25) is 9.59 Å². The van der Waals surface area contributed by atoms with Gasteiger partial charge in [-0.15, -0.1) is 0 Å². The zero-order valence-electron chi connectivity index (χ0n) is 14.8. The molecular weight excluding hydrogens is 352 g/mol. The maximum Gasteiger partial charge on any atom is 0.229 e. The number of anilines is 2. The van der Waals surface area contributed by atoms with E-state index in [1.807, 2.05) is 38.1 Å². The van der Waals surface area contributed by atoms with Gasteiger partial charge in [0.25, 0.3) is 0 Å². The summed E-state index contributed by atoms with van der Waals surface area (Å²) >= 11 is 6.16. The lowest BCUT2D eigenvalue weighted by atomic mass is 10.1. The third-order valence-electron chi connectivity index (χ3n) is 4.47. The van der Waals surface area contributed by atoms with Crippen molar-refractivity contribution in [2.45, 2.75) is 20.3 Å². The first kappa shape index (κ1) is 18.3. The van der Waals surface area contributed by atoms with Crippen LogP contribution >= 0.6 is 11.6 Å². The first-order valence-electron chi connectivity index (χ1n) is 8.59. The van der Waals surface area contributed by atoms with Crippen LogP contribution in [0.25, 0.3) is 0 Å². The van der Waals surface area contributed by atoms with Crippen LogP contribution in [0.1, 0.15) is 18.9 Å². The number of hydrogen-bond acceptors (Lipinski definition) is 3. The topological polar surface area (TPSA) is 58.6 Å². The second kappa shape index (κ2) is 7.79. The number of halogens is 1. The zero-order valence-corrected chi connectivity index (χ0v) is 15.5. The lowest BCUT2D eigenvalue weighted by Crippen LogP contribution is -2.28. The number of hydrogen-bond donors (Lipinski definition) is 1. The van der Waals surface area contributed by atoms with Crippen molar-refractivity contribution in [3.63, 3.8) is 0 Å². The molecule has 5 nitrogen and oxygen atoms in total. The Morgan fingerprint density at radius 3 is 2.81 bits per heavy atom. The highest BCUT2D eigenvalue weighted by atomic mass is 35.5. The van der Waals surface area contributed by atoms with E-state index in [0.717, 1.165) is 11.3 Å². The molecule has 1 atom stereocenters. The molecule has 0 aliphatic carbocycles. The third kappa shape index (κ3) is 3.68. The lowest BCUT2D eigenvalue weighted by Gasteiger charge is -2.20. The summed E-state index contributed by atoms with van der Waals surface area (Å²) in [6, 6.07) is 12.7. The van der Waals surface area contributed by atoms with Crippen LogP contribution in [0.15, 0.2) is 42.5 Å². The van der Waals surface area contributed by atoms with Crippen LogP contribution in [0.4, 0.5) is 11.4 Å². The molecule has 1 aliphatic heterocycles. The molecule has 6 heteroatoms. The number of ether oxygens (including phenoxy) is 1. The molecule has 2 aromatic rings. The maximum atomic E-state index is 12.7. The molecule has 0 radical (unpaired) electrons. The van der Waals surface area contributed by atoms with Gasteiger partial charge in [0.05, 0.1) is 18.2 Å². The van der Waals surface area contributed by atoms with Crippen molar-refractivity contribution in [1.29, 1.82) is 0 Å².